The predicted octanol–water partition coefficient (Wildman–Crippen LogP) is 1.90. The fraction of sp³-hybridized carbons (Fsp3) is 0.857. The van der Waals surface area contributed by atoms with E-state index < -0.39 is 0 Å². The standard InChI is InChI=1S/C14H26N4OS/c1-18(2)13(19)16-9-8-15-12-17-10-14(11-20-12)6-4-3-5-7-14/h3-11H2,1-2H3,(H,15,17)(H,16,19). The highest BCUT2D eigenvalue weighted by atomic mass is 32.2. The molecule has 1 aliphatic carbocycles. The Morgan fingerprint density at radius 3 is 2.65 bits per heavy atom. The molecule has 1 saturated carbocycles. The van der Waals surface area contributed by atoms with Crippen LogP contribution in [0.4, 0.5) is 4.79 Å². The van der Waals surface area contributed by atoms with Crippen molar-refractivity contribution in [2.75, 3.05) is 39.5 Å². The Kier molecular flexibility index (Phi) is 5.57. The fourth-order valence-corrected chi connectivity index (χ4v) is 3.94. The first kappa shape index (κ1) is 15.5. The van der Waals surface area contributed by atoms with Gasteiger partial charge in [0.05, 0.1) is 0 Å². The van der Waals surface area contributed by atoms with Gasteiger partial charge in [-0.3, -0.25) is 4.99 Å². The molecule has 6 heteroatoms. The van der Waals surface area contributed by atoms with Crippen molar-refractivity contribution in [1.82, 2.24) is 15.5 Å². The van der Waals surface area contributed by atoms with Gasteiger partial charge in [0.2, 0.25) is 0 Å². The van der Waals surface area contributed by atoms with Gasteiger partial charge in [-0.15, -0.1) is 0 Å². The van der Waals surface area contributed by atoms with Gasteiger partial charge in [0, 0.05) is 39.5 Å². The second-order valence-electron chi connectivity index (χ2n) is 6.02. The van der Waals surface area contributed by atoms with Crippen LogP contribution >= 0.6 is 11.8 Å². The highest BCUT2D eigenvalue weighted by molar-refractivity contribution is 8.13. The summed E-state index contributed by atoms with van der Waals surface area (Å²) < 4.78 is 0. The summed E-state index contributed by atoms with van der Waals surface area (Å²) in [6.07, 6.45) is 6.82. The first-order valence-electron chi connectivity index (χ1n) is 7.48. The number of carbonyl (C=O) groups excluding carboxylic acids is 1. The molecule has 20 heavy (non-hydrogen) atoms. The molecular weight excluding hydrogens is 272 g/mol. The van der Waals surface area contributed by atoms with Gasteiger partial charge in [0.1, 0.15) is 0 Å². The molecule has 2 N–H and O–H groups in total. The smallest absolute Gasteiger partial charge is 0.316 e. The fourth-order valence-electron chi connectivity index (χ4n) is 2.76. The molecule has 2 aliphatic rings. The Balaban J connectivity index is 1.66. The number of nitrogens with one attached hydrogen (secondary N) is 2. The molecule has 1 fully saturated rings. The van der Waals surface area contributed by atoms with Gasteiger partial charge in [-0.2, -0.15) is 0 Å². The quantitative estimate of drug-likeness (QED) is 0.783. The van der Waals surface area contributed by atoms with Crippen LogP contribution in [0, 0.1) is 5.41 Å². The number of hydrogen-bond acceptors (Lipinski definition) is 4. The van der Waals surface area contributed by atoms with Crippen LogP contribution in [0.15, 0.2) is 4.99 Å². The van der Waals surface area contributed by atoms with Crippen LogP contribution < -0.4 is 10.6 Å². The van der Waals surface area contributed by atoms with E-state index in [0.717, 1.165) is 18.3 Å². The molecule has 0 saturated heterocycles. The average Bonchev–Trinajstić information content (AvgIpc) is 2.46. The van der Waals surface area contributed by atoms with Crippen molar-refractivity contribution in [2.45, 2.75) is 32.1 Å². The molecule has 1 heterocycles. The number of amides is 2. The maximum Gasteiger partial charge on any atom is 0.316 e. The molecule has 0 aromatic rings. The first-order valence-corrected chi connectivity index (χ1v) is 8.46. The second kappa shape index (κ2) is 7.20. The topological polar surface area (TPSA) is 56.7 Å². The van der Waals surface area contributed by atoms with Gasteiger partial charge >= 0.3 is 6.03 Å². The van der Waals surface area contributed by atoms with E-state index in [1.807, 2.05) is 11.8 Å². The van der Waals surface area contributed by atoms with Gasteiger partial charge in [-0.05, 0) is 18.3 Å². The van der Waals surface area contributed by atoms with Gasteiger partial charge in [-0.1, -0.05) is 31.0 Å². The number of aliphatic imine (C=N–C) groups is 1. The van der Waals surface area contributed by atoms with E-state index in [-0.39, 0.29) is 6.03 Å². The number of carbonyl (C=O) groups is 1. The molecule has 114 valence electrons. The monoisotopic (exact) mass is 298 g/mol. The Morgan fingerprint density at radius 1 is 1.30 bits per heavy atom. The van der Waals surface area contributed by atoms with Gasteiger partial charge in [0.15, 0.2) is 5.17 Å². The Bertz CT molecular complexity index is 364. The van der Waals surface area contributed by atoms with E-state index in [1.165, 1.54) is 37.9 Å². The zero-order valence-electron chi connectivity index (χ0n) is 12.6. The third-order valence-corrected chi connectivity index (χ3v) is 5.37. The number of urea groups is 1. The van der Waals surface area contributed by atoms with Gasteiger partial charge < -0.3 is 15.5 Å². The zero-order valence-corrected chi connectivity index (χ0v) is 13.4. The highest BCUT2D eigenvalue weighted by Crippen LogP contribution is 2.41. The van der Waals surface area contributed by atoms with Crippen molar-refractivity contribution in [3.8, 4) is 0 Å². The van der Waals surface area contributed by atoms with E-state index >= 15 is 0 Å². The SMILES string of the molecule is CN(C)C(=O)NCCNC1=NCC2(CCCCC2)CS1. The summed E-state index contributed by atoms with van der Waals surface area (Å²) in [6.45, 7) is 2.34. The van der Waals surface area contributed by atoms with Crippen molar-refractivity contribution >= 4 is 23.0 Å². The third kappa shape index (κ3) is 4.30. The van der Waals surface area contributed by atoms with Crippen LogP contribution in [-0.4, -0.2) is 55.6 Å². The number of amidine groups is 1. The van der Waals surface area contributed by atoms with Crippen molar-refractivity contribution in [3.05, 3.63) is 0 Å². The Labute approximate surface area is 126 Å². The lowest BCUT2D eigenvalue weighted by Crippen LogP contribution is -2.41. The molecule has 0 atom stereocenters. The van der Waals surface area contributed by atoms with Crippen LogP contribution in [0.2, 0.25) is 0 Å². The second-order valence-corrected chi connectivity index (χ2v) is 6.99. The average molecular weight is 298 g/mol. The maximum absolute atomic E-state index is 11.3. The Morgan fingerprint density at radius 2 is 2.05 bits per heavy atom. The number of rotatable bonds is 3. The van der Waals surface area contributed by atoms with Crippen LogP contribution in [0.25, 0.3) is 0 Å². The zero-order chi connectivity index (χ0) is 14.4. The third-order valence-electron chi connectivity index (χ3n) is 4.07. The molecule has 2 amide bonds. The summed E-state index contributed by atoms with van der Waals surface area (Å²) in [4.78, 5) is 17.6. The minimum absolute atomic E-state index is 0.0498. The summed E-state index contributed by atoms with van der Waals surface area (Å²) in [5.41, 5.74) is 0.479. The minimum atomic E-state index is -0.0498. The van der Waals surface area contributed by atoms with Crippen LogP contribution in [0.3, 0.4) is 0 Å². The Hall–Kier alpha value is -0.910. The molecular formula is C14H26N4OS. The van der Waals surface area contributed by atoms with Crippen molar-refractivity contribution in [3.63, 3.8) is 0 Å². The lowest BCUT2D eigenvalue weighted by atomic mass is 9.75. The minimum Gasteiger partial charge on any atom is -0.363 e. The van der Waals surface area contributed by atoms with Crippen LogP contribution in [0.1, 0.15) is 32.1 Å². The summed E-state index contributed by atoms with van der Waals surface area (Å²) >= 11 is 1.85. The van der Waals surface area contributed by atoms with E-state index in [1.54, 1.807) is 19.0 Å². The number of thioether (sulfide) groups is 1. The molecule has 1 aliphatic heterocycles. The van der Waals surface area contributed by atoms with Crippen LogP contribution in [-0.2, 0) is 0 Å². The summed E-state index contributed by atoms with van der Waals surface area (Å²) in [5, 5.41) is 7.20. The summed E-state index contributed by atoms with van der Waals surface area (Å²) in [6, 6.07) is -0.0498. The first-order chi connectivity index (χ1) is 9.61. The van der Waals surface area contributed by atoms with E-state index in [9.17, 15) is 4.79 Å². The van der Waals surface area contributed by atoms with Crippen LogP contribution in [0.5, 0.6) is 0 Å². The molecule has 2 rings (SSSR count). The number of hydrogen-bond donors (Lipinski definition) is 2. The van der Waals surface area contributed by atoms with Gasteiger partial charge in [-0.25, -0.2) is 4.79 Å². The maximum atomic E-state index is 11.3. The van der Waals surface area contributed by atoms with E-state index in [2.05, 4.69) is 10.6 Å². The summed E-state index contributed by atoms with van der Waals surface area (Å²) in [7, 11) is 3.49. The number of nitrogens with zero attached hydrogens (tertiary/aromatic N) is 2. The lowest BCUT2D eigenvalue weighted by molar-refractivity contribution is 0.217. The summed E-state index contributed by atoms with van der Waals surface area (Å²) in [5.74, 6) is 1.20. The molecule has 0 aromatic carbocycles. The predicted molar refractivity (Wildman–Crippen MR) is 85.4 cm³/mol. The molecule has 0 radical (unpaired) electrons. The largest absolute Gasteiger partial charge is 0.363 e. The normalized spacial score (nSPS) is 21.2. The molecule has 1 spiro atoms. The lowest BCUT2D eigenvalue weighted by Gasteiger charge is -2.38. The van der Waals surface area contributed by atoms with Crippen molar-refractivity contribution < 1.29 is 4.79 Å². The molecule has 0 bridgehead atoms. The van der Waals surface area contributed by atoms with Crippen molar-refractivity contribution in [1.29, 1.82) is 0 Å². The van der Waals surface area contributed by atoms with E-state index in [4.69, 9.17) is 4.99 Å². The van der Waals surface area contributed by atoms with Gasteiger partial charge in [0.25, 0.3) is 0 Å². The molecule has 0 aromatic heterocycles. The van der Waals surface area contributed by atoms with E-state index in [0.29, 0.717) is 12.0 Å². The molecule has 0 unspecified atom stereocenters. The van der Waals surface area contributed by atoms with Crippen molar-refractivity contribution in [2.24, 2.45) is 10.4 Å². The highest BCUT2D eigenvalue weighted by Gasteiger charge is 2.34. The molecule has 5 nitrogen and oxygen atoms in total.